The lowest BCUT2D eigenvalue weighted by Crippen LogP contribution is -2.47. The minimum Gasteiger partial charge on any atom is -0.481 e. The highest BCUT2D eigenvalue weighted by molar-refractivity contribution is 5.81. The quantitative estimate of drug-likeness (QED) is 0.653. The van der Waals surface area contributed by atoms with Crippen molar-refractivity contribution in [3.05, 3.63) is 0 Å². The highest BCUT2D eigenvalue weighted by Gasteiger charge is 2.22. The number of hydrogen-bond donors (Lipinski definition) is 3. The van der Waals surface area contributed by atoms with Crippen LogP contribution < -0.4 is 10.6 Å². The molecule has 2 atom stereocenters. The smallest absolute Gasteiger partial charge is 0.303 e. The van der Waals surface area contributed by atoms with Crippen LogP contribution in [-0.2, 0) is 9.59 Å². The van der Waals surface area contributed by atoms with Crippen LogP contribution in [-0.4, -0.2) is 36.1 Å². The number of aliphatic carboxylic acids is 1. The van der Waals surface area contributed by atoms with Crippen LogP contribution in [0, 0.1) is 11.8 Å². The molecule has 3 N–H and O–H groups in total. The molecule has 0 aromatic rings. The molecule has 5 nitrogen and oxygen atoms in total. The summed E-state index contributed by atoms with van der Waals surface area (Å²) in [5.41, 5.74) is 0. The Morgan fingerprint density at radius 1 is 1.37 bits per heavy atom. The summed E-state index contributed by atoms with van der Waals surface area (Å²) in [4.78, 5) is 22.8. The van der Waals surface area contributed by atoms with Crippen LogP contribution in [0.4, 0.5) is 0 Å². The molecule has 1 saturated heterocycles. The topological polar surface area (TPSA) is 78.4 Å². The lowest BCUT2D eigenvalue weighted by atomic mass is 9.94. The van der Waals surface area contributed by atoms with E-state index >= 15 is 0 Å². The van der Waals surface area contributed by atoms with Gasteiger partial charge in [-0.25, -0.2) is 0 Å². The summed E-state index contributed by atoms with van der Waals surface area (Å²) in [7, 11) is 0. The second kappa shape index (κ2) is 8.15. The standard InChI is InChI=1S/C14H26N2O3/c1-10(2)7-11(8-13(17)18)9-16-14(19)12-5-3-4-6-15-12/h10-12,15H,3-9H2,1-2H3,(H,16,19)(H,17,18)/t11?,12-/m0/s1. The summed E-state index contributed by atoms with van der Waals surface area (Å²) < 4.78 is 0. The summed E-state index contributed by atoms with van der Waals surface area (Å²) in [6.45, 7) is 5.49. The number of carbonyl (C=O) groups excluding carboxylic acids is 1. The second-order valence-electron chi connectivity index (χ2n) is 5.84. The third-order valence-electron chi connectivity index (χ3n) is 3.46. The second-order valence-corrected chi connectivity index (χ2v) is 5.84. The van der Waals surface area contributed by atoms with Gasteiger partial charge in [0.1, 0.15) is 0 Å². The first-order valence-electron chi connectivity index (χ1n) is 7.22. The molecule has 0 aliphatic carbocycles. The van der Waals surface area contributed by atoms with Gasteiger partial charge in [0.2, 0.25) is 5.91 Å². The molecular weight excluding hydrogens is 244 g/mol. The summed E-state index contributed by atoms with van der Waals surface area (Å²) in [5, 5.41) is 15.0. The van der Waals surface area contributed by atoms with Gasteiger partial charge < -0.3 is 15.7 Å². The summed E-state index contributed by atoms with van der Waals surface area (Å²) in [6.07, 6.45) is 4.02. The van der Waals surface area contributed by atoms with E-state index in [9.17, 15) is 9.59 Å². The molecule has 5 heteroatoms. The molecule has 0 radical (unpaired) electrons. The van der Waals surface area contributed by atoms with E-state index in [4.69, 9.17) is 5.11 Å². The molecule has 0 aromatic carbocycles. The number of rotatable bonds is 7. The van der Waals surface area contributed by atoms with Crippen molar-refractivity contribution in [2.45, 2.75) is 52.0 Å². The van der Waals surface area contributed by atoms with Crippen LogP contribution in [0.1, 0.15) is 46.0 Å². The zero-order valence-electron chi connectivity index (χ0n) is 11.9. The molecule has 1 rings (SSSR count). The lowest BCUT2D eigenvalue weighted by molar-refractivity contribution is -0.138. The SMILES string of the molecule is CC(C)CC(CNC(=O)[C@@H]1CCCCN1)CC(=O)O. The predicted molar refractivity (Wildman–Crippen MR) is 73.8 cm³/mol. The Morgan fingerprint density at radius 2 is 2.11 bits per heavy atom. The minimum atomic E-state index is -0.796. The Kier molecular flexibility index (Phi) is 6.84. The maximum Gasteiger partial charge on any atom is 0.303 e. The summed E-state index contributed by atoms with van der Waals surface area (Å²) in [6, 6.07) is -0.0988. The number of amides is 1. The number of carboxylic acids is 1. The van der Waals surface area contributed by atoms with Gasteiger partial charge in [-0.2, -0.15) is 0 Å². The molecule has 1 unspecified atom stereocenters. The molecular formula is C14H26N2O3. The van der Waals surface area contributed by atoms with Crippen molar-refractivity contribution >= 4 is 11.9 Å². The lowest BCUT2D eigenvalue weighted by Gasteiger charge is -2.24. The molecule has 0 spiro atoms. The number of hydrogen-bond acceptors (Lipinski definition) is 3. The van der Waals surface area contributed by atoms with Gasteiger partial charge >= 0.3 is 5.97 Å². The number of carbonyl (C=O) groups is 2. The van der Waals surface area contributed by atoms with Gasteiger partial charge in [0.25, 0.3) is 0 Å². The van der Waals surface area contributed by atoms with Crippen molar-refractivity contribution in [2.75, 3.05) is 13.1 Å². The highest BCUT2D eigenvalue weighted by Crippen LogP contribution is 2.15. The van der Waals surface area contributed by atoms with Crippen LogP contribution in [0.25, 0.3) is 0 Å². The van der Waals surface area contributed by atoms with Crippen molar-refractivity contribution in [1.29, 1.82) is 0 Å². The maximum atomic E-state index is 12.0. The van der Waals surface area contributed by atoms with E-state index in [-0.39, 0.29) is 24.3 Å². The van der Waals surface area contributed by atoms with Crippen LogP contribution in [0.3, 0.4) is 0 Å². The van der Waals surface area contributed by atoms with E-state index < -0.39 is 5.97 Å². The van der Waals surface area contributed by atoms with E-state index in [0.29, 0.717) is 12.5 Å². The fourth-order valence-corrected chi connectivity index (χ4v) is 2.60. The average Bonchev–Trinajstić information content (AvgIpc) is 2.35. The predicted octanol–water partition coefficient (Wildman–Crippen LogP) is 1.38. The van der Waals surface area contributed by atoms with Gasteiger partial charge in [-0.1, -0.05) is 20.3 Å². The molecule has 0 bridgehead atoms. The van der Waals surface area contributed by atoms with Gasteiger partial charge in [0.05, 0.1) is 6.04 Å². The van der Waals surface area contributed by atoms with Gasteiger partial charge in [-0.05, 0) is 37.6 Å². The van der Waals surface area contributed by atoms with Crippen LogP contribution in [0.15, 0.2) is 0 Å². The molecule has 19 heavy (non-hydrogen) atoms. The molecule has 1 amide bonds. The highest BCUT2D eigenvalue weighted by atomic mass is 16.4. The van der Waals surface area contributed by atoms with Crippen molar-refractivity contribution in [1.82, 2.24) is 10.6 Å². The first-order chi connectivity index (χ1) is 8.99. The first-order valence-corrected chi connectivity index (χ1v) is 7.22. The van der Waals surface area contributed by atoms with Crippen molar-refractivity contribution in [3.8, 4) is 0 Å². The van der Waals surface area contributed by atoms with Crippen LogP contribution in [0.2, 0.25) is 0 Å². The number of carboxylic acid groups (broad SMARTS) is 1. The Balaban J connectivity index is 2.36. The van der Waals surface area contributed by atoms with Crippen molar-refractivity contribution in [2.24, 2.45) is 11.8 Å². The fraction of sp³-hybridized carbons (Fsp3) is 0.857. The molecule has 110 valence electrons. The molecule has 1 heterocycles. The van der Waals surface area contributed by atoms with Gasteiger partial charge in [-0.15, -0.1) is 0 Å². The van der Waals surface area contributed by atoms with E-state index in [2.05, 4.69) is 24.5 Å². The van der Waals surface area contributed by atoms with Gasteiger partial charge in [-0.3, -0.25) is 9.59 Å². The third kappa shape index (κ3) is 6.57. The summed E-state index contributed by atoms with van der Waals surface area (Å²) >= 11 is 0. The third-order valence-corrected chi connectivity index (χ3v) is 3.46. The van der Waals surface area contributed by atoms with Crippen molar-refractivity contribution in [3.63, 3.8) is 0 Å². The Hall–Kier alpha value is -1.10. The maximum absolute atomic E-state index is 12.0. The Morgan fingerprint density at radius 3 is 2.63 bits per heavy atom. The van der Waals surface area contributed by atoms with Crippen LogP contribution >= 0.6 is 0 Å². The van der Waals surface area contributed by atoms with E-state index in [0.717, 1.165) is 32.2 Å². The minimum absolute atomic E-state index is 0.0128. The summed E-state index contributed by atoms with van der Waals surface area (Å²) in [5.74, 6) is -0.325. The first kappa shape index (κ1) is 16.0. The normalized spacial score (nSPS) is 21.1. The van der Waals surface area contributed by atoms with E-state index in [1.54, 1.807) is 0 Å². The molecule has 0 saturated carbocycles. The van der Waals surface area contributed by atoms with Gasteiger partial charge in [0.15, 0.2) is 0 Å². The monoisotopic (exact) mass is 270 g/mol. The zero-order valence-corrected chi connectivity index (χ0v) is 11.9. The number of piperidine rings is 1. The average molecular weight is 270 g/mol. The Labute approximate surface area is 115 Å². The molecule has 0 aromatic heterocycles. The van der Waals surface area contributed by atoms with E-state index in [1.165, 1.54) is 0 Å². The molecule has 1 aliphatic rings. The number of nitrogens with one attached hydrogen (secondary N) is 2. The fourth-order valence-electron chi connectivity index (χ4n) is 2.60. The Bertz CT molecular complexity index is 299. The van der Waals surface area contributed by atoms with Gasteiger partial charge in [0, 0.05) is 13.0 Å². The van der Waals surface area contributed by atoms with E-state index in [1.807, 2.05) is 0 Å². The van der Waals surface area contributed by atoms with Crippen molar-refractivity contribution < 1.29 is 14.7 Å². The largest absolute Gasteiger partial charge is 0.481 e. The zero-order chi connectivity index (χ0) is 14.3. The molecule has 1 fully saturated rings. The molecule has 1 aliphatic heterocycles. The van der Waals surface area contributed by atoms with Crippen LogP contribution in [0.5, 0.6) is 0 Å².